The first-order valence-corrected chi connectivity index (χ1v) is 7.53. The minimum atomic E-state index is -0.00904. The summed E-state index contributed by atoms with van der Waals surface area (Å²) in [5.41, 5.74) is 3.55. The van der Waals surface area contributed by atoms with Crippen molar-refractivity contribution in [3.05, 3.63) is 54.1 Å². The average Bonchev–Trinajstić information content (AvgIpc) is 2.51. The molecule has 0 aliphatic carbocycles. The molecule has 0 atom stereocenters. The predicted molar refractivity (Wildman–Crippen MR) is 96.4 cm³/mol. The molecule has 5 heteroatoms. The molecule has 2 aromatic carbocycles. The summed E-state index contributed by atoms with van der Waals surface area (Å²) in [4.78, 5) is 11.5. The van der Waals surface area contributed by atoms with Crippen molar-refractivity contribution < 1.29 is 4.79 Å². The zero-order valence-corrected chi connectivity index (χ0v) is 13.5. The van der Waals surface area contributed by atoms with Crippen LogP contribution >= 0.6 is 12.2 Å². The summed E-state index contributed by atoms with van der Waals surface area (Å²) in [6, 6.07) is 15.5. The predicted octanol–water partition coefficient (Wildman–Crippen LogP) is 4.15. The quantitative estimate of drug-likeness (QED) is 0.742. The minimum absolute atomic E-state index is 0.00904. The lowest BCUT2D eigenvalue weighted by Gasteiger charge is -2.13. The maximum absolute atomic E-state index is 11.5. The summed E-state index contributed by atoms with van der Waals surface area (Å²) in [6.07, 6.45) is 0.449. The lowest BCUT2D eigenvalue weighted by atomic mass is 10.1. The molecule has 0 aliphatic rings. The van der Waals surface area contributed by atoms with Crippen molar-refractivity contribution in [3.8, 4) is 0 Å². The van der Waals surface area contributed by atoms with E-state index in [1.54, 1.807) is 0 Å². The molecule has 0 heterocycles. The SMILES string of the molecule is CCC(=O)Nc1cc(NC(=S)Nc2ccccc2)ccc1C. The standard InChI is InChI=1S/C17H19N3OS/c1-3-16(21)20-15-11-14(10-9-12(15)2)19-17(22)18-13-7-5-4-6-8-13/h4-11H,3H2,1-2H3,(H,20,21)(H2,18,19,22). The maximum atomic E-state index is 11.5. The molecule has 0 aliphatic heterocycles. The molecule has 0 radical (unpaired) electrons. The molecule has 3 N–H and O–H groups in total. The molecular formula is C17H19N3OS. The van der Waals surface area contributed by atoms with Crippen LogP contribution in [0.2, 0.25) is 0 Å². The topological polar surface area (TPSA) is 53.2 Å². The van der Waals surface area contributed by atoms with Gasteiger partial charge >= 0.3 is 0 Å². The summed E-state index contributed by atoms with van der Waals surface area (Å²) in [5.74, 6) is -0.00904. The molecule has 4 nitrogen and oxygen atoms in total. The first-order valence-electron chi connectivity index (χ1n) is 7.12. The van der Waals surface area contributed by atoms with E-state index in [0.717, 1.165) is 22.6 Å². The van der Waals surface area contributed by atoms with Gasteiger partial charge in [0.25, 0.3) is 0 Å². The molecule has 114 valence electrons. The summed E-state index contributed by atoms with van der Waals surface area (Å²) < 4.78 is 0. The molecule has 2 aromatic rings. The van der Waals surface area contributed by atoms with Gasteiger partial charge in [0.15, 0.2) is 5.11 Å². The van der Waals surface area contributed by atoms with Crippen LogP contribution in [0.15, 0.2) is 48.5 Å². The summed E-state index contributed by atoms with van der Waals surface area (Å²) in [5, 5.41) is 9.61. The molecule has 0 fully saturated rings. The van der Waals surface area contributed by atoms with E-state index in [1.807, 2.05) is 62.4 Å². The van der Waals surface area contributed by atoms with Gasteiger partial charge in [0, 0.05) is 23.5 Å². The van der Waals surface area contributed by atoms with Crippen molar-refractivity contribution in [2.24, 2.45) is 0 Å². The Morgan fingerprint density at radius 1 is 1.00 bits per heavy atom. The van der Waals surface area contributed by atoms with Gasteiger partial charge in [-0.2, -0.15) is 0 Å². The van der Waals surface area contributed by atoms with Crippen LogP contribution in [-0.4, -0.2) is 11.0 Å². The molecule has 0 aromatic heterocycles. The maximum Gasteiger partial charge on any atom is 0.224 e. The van der Waals surface area contributed by atoms with Crippen LogP contribution in [0.5, 0.6) is 0 Å². The van der Waals surface area contributed by atoms with E-state index in [2.05, 4.69) is 16.0 Å². The van der Waals surface area contributed by atoms with Crippen LogP contribution in [-0.2, 0) is 4.79 Å². The second-order valence-corrected chi connectivity index (χ2v) is 5.28. The molecule has 0 saturated heterocycles. The van der Waals surface area contributed by atoms with Gasteiger partial charge in [-0.15, -0.1) is 0 Å². The number of carbonyl (C=O) groups excluding carboxylic acids is 1. The number of para-hydroxylation sites is 1. The second-order valence-electron chi connectivity index (χ2n) is 4.88. The smallest absolute Gasteiger partial charge is 0.224 e. The van der Waals surface area contributed by atoms with Gasteiger partial charge in [0.2, 0.25) is 5.91 Å². The van der Waals surface area contributed by atoms with Crippen molar-refractivity contribution in [3.63, 3.8) is 0 Å². The van der Waals surface area contributed by atoms with E-state index in [0.29, 0.717) is 11.5 Å². The minimum Gasteiger partial charge on any atom is -0.332 e. The number of hydrogen-bond donors (Lipinski definition) is 3. The highest BCUT2D eigenvalue weighted by Crippen LogP contribution is 2.21. The van der Waals surface area contributed by atoms with E-state index >= 15 is 0 Å². The van der Waals surface area contributed by atoms with Crippen LogP contribution in [0.3, 0.4) is 0 Å². The number of amides is 1. The normalized spacial score (nSPS) is 9.91. The Morgan fingerprint density at radius 3 is 2.36 bits per heavy atom. The first kappa shape index (κ1) is 16.0. The Hall–Kier alpha value is -2.40. The van der Waals surface area contributed by atoms with Crippen molar-refractivity contribution in [2.75, 3.05) is 16.0 Å². The van der Waals surface area contributed by atoms with Gasteiger partial charge in [-0.1, -0.05) is 31.2 Å². The summed E-state index contributed by atoms with van der Waals surface area (Å²) in [7, 11) is 0. The fraction of sp³-hybridized carbons (Fsp3) is 0.176. The summed E-state index contributed by atoms with van der Waals surface area (Å²) in [6.45, 7) is 3.78. The van der Waals surface area contributed by atoms with Crippen molar-refractivity contribution >= 4 is 40.3 Å². The average molecular weight is 313 g/mol. The van der Waals surface area contributed by atoms with Crippen molar-refractivity contribution in [1.82, 2.24) is 0 Å². The fourth-order valence-electron chi connectivity index (χ4n) is 1.89. The molecule has 1 amide bonds. The Balaban J connectivity index is 2.04. The molecule has 0 unspecified atom stereocenters. The Bertz CT molecular complexity index is 671. The van der Waals surface area contributed by atoms with E-state index in [4.69, 9.17) is 12.2 Å². The van der Waals surface area contributed by atoms with Gasteiger partial charge < -0.3 is 16.0 Å². The molecular weight excluding hydrogens is 294 g/mol. The number of anilines is 3. The van der Waals surface area contributed by atoms with Gasteiger partial charge in [0.05, 0.1) is 0 Å². The lowest BCUT2D eigenvalue weighted by molar-refractivity contribution is -0.115. The van der Waals surface area contributed by atoms with E-state index in [-0.39, 0.29) is 5.91 Å². The van der Waals surface area contributed by atoms with Crippen LogP contribution in [0.4, 0.5) is 17.1 Å². The van der Waals surface area contributed by atoms with Gasteiger partial charge in [-0.05, 0) is 49.0 Å². The monoisotopic (exact) mass is 313 g/mol. The van der Waals surface area contributed by atoms with Crippen LogP contribution in [0.25, 0.3) is 0 Å². The molecule has 22 heavy (non-hydrogen) atoms. The fourth-order valence-corrected chi connectivity index (χ4v) is 2.12. The zero-order valence-electron chi connectivity index (χ0n) is 12.6. The second kappa shape index (κ2) is 7.56. The number of hydrogen-bond acceptors (Lipinski definition) is 2. The molecule has 0 saturated carbocycles. The lowest BCUT2D eigenvalue weighted by Crippen LogP contribution is -2.19. The highest BCUT2D eigenvalue weighted by molar-refractivity contribution is 7.80. The molecule has 2 rings (SSSR count). The highest BCUT2D eigenvalue weighted by Gasteiger charge is 2.05. The molecule has 0 bridgehead atoms. The molecule has 0 spiro atoms. The Labute approximate surface area is 135 Å². The number of carbonyl (C=O) groups is 1. The highest BCUT2D eigenvalue weighted by atomic mass is 32.1. The summed E-state index contributed by atoms with van der Waals surface area (Å²) >= 11 is 5.30. The van der Waals surface area contributed by atoms with Crippen LogP contribution in [0.1, 0.15) is 18.9 Å². The van der Waals surface area contributed by atoms with Gasteiger partial charge in [-0.25, -0.2) is 0 Å². The Kier molecular flexibility index (Phi) is 5.49. The van der Waals surface area contributed by atoms with E-state index in [1.165, 1.54) is 0 Å². The largest absolute Gasteiger partial charge is 0.332 e. The van der Waals surface area contributed by atoms with Gasteiger partial charge in [-0.3, -0.25) is 4.79 Å². The first-order chi connectivity index (χ1) is 10.6. The third kappa shape index (κ3) is 4.56. The van der Waals surface area contributed by atoms with Crippen molar-refractivity contribution in [2.45, 2.75) is 20.3 Å². The zero-order chi connectivity index (χ0) is 15.9. The van der Waals surface area contributed by atoms with E-state index < -0.39 is 0 Å². The third-order valence-electron chi connectivity index (χ3n) is 3.12. The van der Waals surface area contributed by atoms with Crippen LogP contribution < -0.4 is 16.0 Å². The number of nitrogens with one attached hydrogen (secondary N) is 3. The third-order valence-corrected chi connectivity index (χ3v) is 3.33. The van der Waals surface area contributed by atoms with E-state index in [9.17, 15) is 4.79 Å². The number of aryl methyl sites for hydroxylation is 1. The van der Waals surface area contributed by atoms with Crippen molar-refractivity contribution in [1.29, 1.82) is 0 Å². The number of rotatable bonds is 4. The number of benzene rings is 2. The van der Waals surface area contributed by atoms with Gasteiger partial charge in [0.1, 0.15) is 0 Å². The Morgan fingerprint density at radius 2 is 1.68 bits per heavy atom. The van der Waals surface area contributed by atoms with Crippen LogP contribution in [0, 0.1) is 6.92 Å². The number of thiocarbonyl (C=S) groups is 1.